The van der Waals surface area contributed by atoms with Gasteiger partial charge in [-0.05, 0) is 38.0 Å². The van der Waals surface area contributed by atoms with E-state index in [1.165, 1.54) is 13.0 Å². The molecule has 3 rings (SSSR count). The molecule has 0 unspecified atom stereocenters. The molecule has 0 saturated heterocycles. The minimum atomic E-state index is -1.04. The van der Waals surface area contributed by atoms with Crippen LogP contribution in [0, 0.1) is 0 Å². The summed E-state index contributed by atoms with van der Waals surface area (Å²) in [5.74, 6) is -0.696. The van der Waals surface area contributed by atoms with Crippen molar-refractivity contribution in [1.82, 2.24) is 5.32 Å². The molecule has 0 aromatic heterocycles. The minimum Gasteiger partial charge on any atom is -0.477 e. The van der Waals surface area contributed by atoms with Crippen molar-refractivity contribution in [2.75, 3.05) is 0 Å². The summed E-state index contributed by atoms with van der Waals surface area (Å²) in [6, 6.07) is 13.7. The predicted molar refractivity (Wildman–Crippen MR) is 103 cm³/mol. The molecule has 0 radical (unpaired) electrons. The Kier molecular flexibility index (Phi) is 6.24. The molecule has 1 saturated carbocycles. The summed E-state index contributed by atoms with van der Waals surface area (Å²) < 4.78 is 11.1. The zero-order valence-corrected chi connectivity index (χ0v) is 16.2. The molecule has 2 atom stereocenters. The zero-order chi connectivity index (χ0) is 19.4. The molecule has 1 fully saturated rings. The second-order valence-electron chi connectivity index (χ2n) is 6.35. The van der Waals surface area contributed by atoms with E-state index in [-0.39, 0.29) is 17.0 Å². The van der Waals surface area contributed by atoms with Gasteiger partial charge >= 0.3 is 5.97 Å². The Morgan fingerprint density at radius 3 is 2.44 bits per heavy atom. The number of esters is 1. The summed E-state index contributed by atoms with van der Waals surface area (Å²) in [5, 5.41) is 3.62. The van der Waals surface area contributed by atoms with Crippen molar-refractivity contribution in [1.29, 1.82) is 0 Å². The van der Waals surface area contributed by atoms with Crippen LogP contribution in [0.15, 0.2) is 48.5 Å². The van der Waals surface area contributed by atoms with Crippen molar-refractivity contribution in [3.8, 4) is 5.75 Å². The van der Waals surface area contributed by atoms with Crippen LogP contribution in [0.2, 0.25) is 10.0 Å². The summed E-state index contributed by atoms with van der Waals surface area (Å²) in [6.07, 6.45) is -0.111. The molecular formula is C20H19Cl2NO4. The topological polar surface area (TPSA) is 64.6 Å². The van der Waals surface area contributed by atoms with Gasteiger partial charge in [0.15, 0.2) is 6.10 Å². The fourth-order valence-electron chi connectivity index (χ4n) is 2.43. The monoisotopic (exact) mass is 407 g/mol. The number of ether oxygens (including phenoxy) is 2. The lowest BCUT2D eigenvalue weighted by molar-refractivity contribution is -0.162. The van der Waals surface area contributed by atoms with Gasteiger partial charge in [-0.3, -0.25) is 4.79 Å². The summed E-state index contributed by atoms with van der Waals surface area (Å²) in [7, 11) is 0. The van der Waals surface area contributed by atoms with Gasteiger partial charge in [-0.25, -0.2) is 4.79 Å². The predicted octanol–water partition coefficient (Wildman–Crippen LogP) is 4.32. The lowest BCUT2D eigenvalue weighted by atomic mass is 10.1. The van der Waals surface area contributed by atoms with Gasteiger partial charge in [0, 0.05) is 16.6 Å². The van der Waals surface area contributed by atoms with Gasteiger partial charge < -0.3 is 14.8 Å². The third-order valence-electron chi connectivity index (χ3n) is 4.03. The number of benzene rings is 2. The number of carbonyl (C=O) groups is 2. The van der Waals surface area contributed by atoms with Gasteiger partial charge in [-0.2, -0.15) is 0 Å². The van der Waals surface area contributed by atoms with E-state index in [4.69, 9.17) is 32.7 Å². The maximum absolute atomic E-state index is 12.5. The molecule has 1 amide bonds. The lowest BCUT2D eigenvalue weighted by Crippen LogP contribution is -2.36. The average Bonchev–Trinajstić information content (AvgIpc) is 3.46. The Hall–Kier alpha value is -2.24. The van der Waals surface area contributed by atoms with Gasteiger partial charge in [-0.15, -0.1) is 0 Å². The van der Waals surface area contributed by atoms with Crippen LogP contribution in [0.3, 0.4) is 0 Å². The van der Waals surface area contributed by atoms with E-state index >= 15 is 0 Å². The summed E-state index contributed by atoms with van der Waals surface area (Å²) in [6.45, 7) is 1.54. The third-order valence-corrected chi connectivity index (χ3v) is 4.56. The second-order valence-corrected chi connectivity index (χ2v) is 7.19. The van der Waals surface area contributed by atoms with E-state index in [9.17, 15) is 9.59 Å². The number of carbonyl (C=O) groups excluding carboxylic acids is 2. The summed E-state index contributed by atoms with van der Waals surface area (Å²) in [5.41, 5.74) is 0.598. The van der Waals surface area contributed by atoms with E-state index in [0.717, 1.165) is 12.8 Å². The number of halogens is 2. The number of hydrogen-bond acceptors (Lipinski definition) is 4. The lowest BCUT2D eigenvalue weighted by Gasteiger charge is -2.21. The molecule has 0 spiro atoms. The van der Waals surface area contributed by atoms with Gasteiger partial charge in [-0.1, -0.05) is 53.5 Å². The normalized spacial score (nSPS) is 15.5. The quantitative estimate of drug-likeness (QED) is 0.693. The zero-order valence-electron chi connectivity index (χ0n) is 14.7. The van der Waals surface area contributed by atoms with Crippen LogP contribution >= 0.6 is 23.2 Å². The Morgan fingerprint density at radius 2 is 1.81 bits per heavy atom. The Morgan fingerprint density at radius 1 is 1.11 bits per heavy atom. The van der Waals surface area contributed by atoms with E-state index in [2.05, 4.69) is 5.32 Å². The molecule has 7 heteroatoms. The third kappa shape index (κ3) is 5.37. The average molecular weight is 408 g/mol. The summed E-state index contributed by atoms with van der Waals surface area (Å²) in [4.78, 5) is 25.1. The molecule has 1 aliphatic carbocycles. The Bertz CT molecular complexity index is 824. The first-order valence-corrected chi connectivity index (χ1v) is 9.37. The van der Waals surface area contributed by atoms with Crippen molar-refractivity contribution in [3.63, 3.8) is 0 Å². The fraction of sp³-hybridized carbons (Fsp3) is 0.300. The Balaban J connectivity index is 1.70. The van der Waals surface area contributed by atoms with Gasteiger partial charge in [0.2, 0.25) is 6.10 Å². The van der Waals surface area contributed by atoms with Crippen LogP contribution in [0.1, 0.15) is 31.4 Å². The van der Waals surface area contributed by atoms with Crippen molar-refractivity contribution < 1.29 is 19.1 Å². The molecule has 142 valence electrons. The van der Waals surface area contributed by atoms with Crippen molar-refractivity contribution in [2.45, 2.75) is 38.0 Å². The molecular weight excluding hydrogens is 389 g/mol. The second kappa shape index (κ2) is 8.63. The minimum absolute atomic E-state index is 0.156. The molecule has 0 bridgehead atoms. The Labute approximate surface area is 167 Å². The standard InChI is InChI=1S/C20H19Cl2NO4/c1-12(26-17-10-7-14(21)11-16(17)22)20(25)27-18(13-5-3-2-4-6-13)19(24)23-15-8-9-15/h2-7,10-12,15,18H,8-9H2,1H3,(H,23,24)/t12-,18-/m0/s1. The van der Waals surface area contributed by atoms with Crippen LogP contribution in [0.25, 0.3) is 0 Å². The highest BCUT2D eigenvalue weighted by atomic mass is 35.5. The molecule has 2 aromatic rings. The van der Waals surface area contributed by atoms with E-state index in [1.807, 2.05) is 6.07 Å². The molecule has 1 aliphatic rings. The number of nitrogens with one attached hydrogen (secondary N) is 1. The van der Waals surface area contributed by atoms with Crippen molar-refractivity contribution in [2.24, 2.45) is 0 Å². The molecule has 5 nitrogen and oxygen atoms in total. The SMILES string of the molecule is C[C@H](Oc1ccc(Cl)cc1Cl)C(=O)O[C@H](C(=O)NC1CC1)c1ccccc1. The van der Waals surface area contributed by atoms with Crippen LogP contribution in [-0.2, 0) is 14.3 Å². The molecule has 27 heavy (non-hydrogen) atoms. The van der Waals surface area contributed by atoms with Crippen LogP contribution in [0.4, 0.5) is 0 Å². The van der Waals surface area contributed by atoms with Crippen LogP contribution < -0.4 is 10.1 Å². The number of amides is 1. The maximum atomic E-state index is 12.5. The van der Waals surface area contributed by atoms with Gasteiger partial charge in [0.1, 0.15) is 5.75 Å². The molecule has 1 N–H and O–H groups in total. The van der Waals surface area contributed by atoms with Crippen LogP contribution in [-0.4, -0.2) is 24.0 Å². The smallest absolute Gasteiger partial charge is 0.348 e. The van der Waals surface area contributed by atoms with E-state index < -0.39 is 18.2 Å². The van der Waals surface area contributed by atoms with Gasteiger partial charge in [0.05, 0.1) is 5.02 Å². The van der Waals surface area contributed by atoms with Gasteiger partial charge in [0.25, 0.3) is 5.91 Å². The fourth-order valence-corrected chi connectivity index (χ4v) is 2.88. The van der Waals surface area contributed by atoms with E-state index in [1.54, 1.807) is 36.4 Å². The molecule has 0 heterocycles. The highest BCUT2D eigenvalue weighted by molar-refractivity contribution is 6.35. The highest BCUT2D eigenvalue weighted by Gasteiger charge is 2.32. The van der Waals surface area contributed by atoms with E-state index in [0.29, 0.717) is 16.3 Å². The molecule has 2 aromatic carbocycles. The largest absolute Gasteiger partial charge is 0.477 e. The first-order valence-electron chi connectivity index (χ1n) is 8.61. The maximum Gasteiger partial charge on any atom is 0.348 e. The first-order chi connectivity index (χ1) is 12.9. The first kappa shape index (κ1) is 19.5. The highest BCUT2D eigenvalue weighted by Crippen LogP contribution is 2.29. The summed E-state index contributed by atoms with van der Waals surface area (Å²) >= 11 is 11.9. The van der Waals surface area contributed by atoms with Crippen LogP contribution in [0.5, 0.6) is 5.75 Å². The van der Waals surface area contributed by atoms with Crippen molar-refractivity contribution in [3.05, 3.63) is 64.1 Å². The van der Waals surface area contributed by atoms with Crippen molar-refractivity contribution >= 4 is 35.1 Å². The molecule has 0 aliphatic heterocycles. The number of rotatable bonds is 7. The number of hydrogen-bond donors (Lipinski definition) is 1.